The van der Waals surface area contributed by atoms with Crippen molar-refractivity contribution < 1.29 is 0 Å². The fraction of sp³-hybridized carbons (Fsp3) is 0.400. The first-order chi connectivity index (χ1) is 5.33. The van der Waals surface area contributed by atoms with Crippen molar-refractivity contribution in [2.24, 2.45) is 5.73 Å². The summed E-state index contributed by atoms with van der Waals surface area (Å²) in [6.45, 7) is 0. The number of nitrogens with zero attached hydrogens (tertiary/aromatic N) is 3. The molecule has 11 heavy (non-hydrogen) atoms. The number of hydrogen-bond acceptors (Lipinski definition) is 6. The zero-order valence-electron chi connectivity index (χ0n) is 5.60. The SMILES string of the molecule is N#CC(N)CSc1nncs1. The molecule has 1 atom stereocenters. The Balaban J connectivity index is 2.30. The smallest absolute Gasteiger partial charge is 0.174 e. The van der Waals surface area contributed by atoms with Crippen LogP contribution in [0.2, 0.25) is 0 Å². The Labute approximate surface area is 72.4 Å². The summed E-state index contributed by atoms with van der Waals surface area (Å²) in [5, 5.41) is 15.8. The van der Waals surface area contributed by atoms with Gasteiger partial charge in [-0.3, -0.25) is 0 Å². The highest BCUT2D eigenvalue weighted by molar-refractivity contribution is 8.01. The minimum absolute atomic E-state index is 0.413. The first-order valence-corrected chi connectivity index (χ1v) is 4.73. The van der Waals surface area contributed by atoms with Gasteiger partial charge in [-0.2, -0.15) is 5.26 Å². The molecule has 4 nitrogen and oxygen atoms in total. The summed E-state index contributed by atoms with van der Waals surface area (Å²) in [6.07, 6.45) is 0. The monoisotopic (exact) mass is 186 g/mol. The highest BCUT2D eigenvalue weighted by atomic mass is 32.2. The maximum Gasteiger partial charge on any atom is 0.174 e. The van der Waals surface area contributed by atoms with Crippen LogP contribution in [0.4, 0.5) is 0 Å². The van der Waals surface area contributed by atoms with Gasteiger partial charge >= 0.3 is 0 Å². The Morgan fingerprint density at radius 1 is 1.91 bits per heavy atom. The average molecular weight is 186 g/mol. The lowest BCUT2D eigenvalue weighted by Gasteiger charge is -1.96. The molecule has 0 aliphatic rings. The fourth-order valence-corrected chi connectivity index (χ4v) is 1.81. The summed E-state index contributed by atoms with van der Waals surface area (Å²) in [7, 11) is 0. The minimum atomic E-state index is -0.413. The van der Waals surface area contributed by atoms with E-state index in [4.69, 9.17) is 11.0 Å². The Bertz CT molecular complexity index is 239. The van der Waals surface area contributed by atoms with Crippen molar-refractivity contribution in [3.8, 4) is 6.07 Å². The van der Waals surface area contributed by atoms with Crippen LogP contribution < -0.4 is 5.73 Å². The molecule has 1 aromatic heterocycles. The van der Waals surface area contributed by atoms with Crippen molar-refractivity contribution in [2.75, 3.05) is 5.75 Å². The van der Waals surface area contributed by atoms with Crippen molar-refractivity contribution in [3.05, 3.63) is 5.51 Å². The van der Waals surface area contributed by atoms with E-state index in [1.807, 2.05) is 6.07 Å². The number of rotatable bonds is 3. The van der Waals surface area contributed by atoms with Gasteiger partial charge in [-0.1, -0.05) is 23.1 Å². The van der Waals surface area contributed by atoms with Gasteiger partial charge in [0.15, 0.2) is 4.34 Å². The van der Waals surface area contributed by atoms with E-state index in [2.05, 4.69) is 10.2 Å². The maximum atomic E-state index is 8.34. The first-order valence-electron chi connectivity index (χ1n) is 2.87. The second-order valence-corrected chi connectivity index (χ2v) is 3.85. The summed E-state index contributed by atoms with van der Waals surface area (Å²) in [6, 6.07) is 1.53. The van der Waals surface area contributed by atoms with Gasteiger partial charge in [0.05, 0.1) is 6.07 Å². The molecule has 1 aromatic rings. The molecule has 0 amide bonds. The topological polar surface area (TPSA) is 75.6 Å². The van der Waals surface area contributed by atoms with Gasteiger partial charge in [-0.15, -0.1) is 10.2 Å². The first kappa shape index (κ1) is 8.46. The number of nitriles is 1. The summed E-state index contributed by atoms with van der Waals surface area (Å²) < 4.78 is 0.857. The standard InChI is InChI=1S/C5H6N4S2/c6-1-4(7)2-10-5-9-8-3-11-5/h3-4H,2,7H2. The zero-order chi connectivity index (χ0) is 8.10. The Hall–Kier alpha value is -0.640. The number of thioether (sulfide) groups is 1. The second-order valence-electron chi connectivity index (χ2n) is 1.75. The molecule has 0 spiro atoms. The number of hydrogen-bond donors (Lipinski definition) is 1. The summed E-state index contributed by atoms with van der Waals surface area (Å²) in [5.74, 6) is 0.575. The van der Waals surface area contributed by atoms with Crippen LogP contribution >= 0.6 is 23.1 Å². The lowest BCUT2D eigenvalue weighted by atomic mass is 10.4. The predicted molar refractivity (Wildman–Crippen MR) is 44.2 cm³/mol. The third kappa shape index (κ3) is 2.84. The molecule has 0 radical (unpaired) electrons. The number of nitrogens with two attached hydrogens (primary N) is 1. The maximum absolute atomic E-state index is 8.34. The largest absolute Gasteiger partial charge is 0.315 e. The van der Waals surface area contributed by atoms with Crippen molar-refractivity contribution in [1.82, 2.24) is 10.2 Å². The molecule has 6 heteroatoms. The molecule has 0 aliphatic carbocycles. The quantitative estimate of drug-likeness (QED) is 0.695. The van der Waals surface area contributed by atoms with E-state index in [0.29, 0.717) is 5.75 Å². The Kier molecular flexibility index (Phi) is 3.29. The van der Waals surface area contributed by atoms with E-state index in [1.54, 1.807) is 5.51 Å². The van der Waals surface area contributed by atoms with Gasteiger partial charge in [0, 0.05) is 5.75 Å². The lowest BCUT2D eigenvalue weighted by molar-refractivity contribution is 0.947. The second kappa shape index (κ2) is 4.28. The van der Waals surface area contributed by atoms with Gasteiger partial charge in [0.1, 0.15) is 11.6 Å². The molecule has 1 unspecified atom stereocenters. The van der Waals surface area contributed by atoms with Gasteiger partial charge in [-0.05, 0) is 0 Å². The molecule has 0 saturated carbocycles. The molecule has 0 fully saturated rings. The van der Waals surface area contributed by atoms with Crippen molar-refractivity contribution in [2.45, 2.75) is 10.4 Å². The predicted octanol–water partition coefficient (Wildman–Crippen LogP) is 0.481. The van der Waals surface area contributed by atoms with Crippen LogP contribution in [0.3, 0.4) is 0 Å². The molecule has 0 aliphatic heterocycles. The van der Waals surface area contributed by atoms with Crippen LogP contribution in [-0.2, 0) is 0 Å². The van der Waals surface area contributed by atoms with E-state index in [1.165, 1.54) is 23.1 Å². The molecule has 1 heterocycles. The molecule has 58 valence electrons. The minimum Gasteiger partial charge on any atom is -0.315 e. The van der Waals surface area contributed by atoms with Crippen molar-refractivity contribution in [3.63, 3.8) is 0 Å². The van der Waals surface area contributed by atoms with Gasteiger partial charge < -0.3 is 5.73 Å². The van der Waals surface area contributed by atoms with Crippen LogP contribution in [-0.4, -0.2) is 22.0 Å². The van der Waals surface area contributed by atoms with E-state index >= 15 is 0 Å². The summed E-state index contributed by atoms with van der Waals surface area (Å²) in [4.78, 5) is 0. The van der Waals surface area contributed by atoms with Crippen LogP contribution in [0.25, 0.3) is 0 Å². The highest BCUT2D eigenvalue weighted by Gasteiger charge is 2.02. The molecule has 0 saturated heterocycles. The summed E-state index contributed by atoms with van der Waals surface area (Å²) in [5.41, 5.74) is 7.02. The van der Waals surface area contributed by atoms with Crippen molar-refractivity contribution in [1.29, 1.82) is 5.26 Å². The third-order valence-corrected chi connectivity index (χ3v) is 2.87. The number of aromatic nitrogens is 2. The van der Waals surface area contributed by atoms with Crippen molar-refractivity contribution >= 4 is 23.1 Å². The molecule has 2 N–H and O–H groups in total. The van der Waals surface area contributed by atoms with Gasteiger partial charge in [0.2, 0.25) is 0 Å². The van der Waals surface area contributed by atoms with Crippen LogP contribution in [0.15, 0.2) is 9.85 Å². The van der Waals surface area contributed by atoms with Crippen LogP contribution in [0, 0.1) is 11.3 Å². The zero-order valence-corrected chi connectivity index (χ0v) is 7.23. The fourth-order valence-electron chi connectivity index (χ4n) is 0.424. The van der Waals surface area contributed by atoms with Crippen LogP contribution in [0.5, 0.6) is 0 Å². The normalized spacial score (nSPS) is 12.4. The molecular formula is C5H6N4S2. The Morgan fingerprint density at radius 2 is 2.73 bits per heavy atom. The van der Waals surface area contributed by atoms with Gasteiger partial charge in [0.25, 0.3) is 0 Å². The molecular weight excluding hydrogens is 180 g/mol. The lowest BCUT2D eigenvalue weighted by Crippen LogP contribution is -2.19. The van der Waals surface area contributed by atoms with Crippen LogP contribution in [0.1, 0.15) is 0 Å². The molecule has 0 aromatic carbocycles. The average Bonchev–Trinajstić information content (AvgIpc) is 2.52. The summed E-state index contributed by atoms with van der Waals surface area (Å²) >= 11 is 2.91. The third-order valence-electron chi connectivity index (χ3n) is 0.892. The Morgan fingerprint density at radius 3 is 3.27 bits per heavy atom. The van der Waals surface area contributed by atoms with Gasteiger partial charge in [-0.25, -0.2) is 0 Å². The highest BCUT2D eigenvalue weighted by Crippen LogP contribution is 2.18. The van der Waals surface area contributed by atoms with E-state index in [-0.39, 0.29) is 0 Å². The van der Waals surface area contributed by atoms with E-state index in [0.717, 1.165) is 4.34 Å². The van der Waals surface area contributed by atoms with E-state index in [9.17, 15) is 0 Å². The molecule has 0 bridgehead atoms. The van der Waals surface area contributed by atoms with E-state index < -0.39 is 6.04 Å². The molecule has 1 rings (SSSR count).